The van der Waals surface area contributed by atoms with Gasteiger partial charge < -0.3 is 9.64 Å². The predicted molar refractivity (Wildman–Crippen MR) is 126 cm³/mol. The number of hydrogen-bond acceptors (Lipinski definition) is 7. The smallest absolute Gasteiger partial charge is 0.419 e. The molecule has 5 rings (SSSR count). The van der Waals surface area contributed by atoms with Crippen LogP contribution < -0.4 is 9.64 Å². The molecule has 0 aliphatic carbocycles. The van der Waals surface area contributed by atoms with Gasteiger partial charge in [-0.05, 0) is 55.2 Å². The number of rotatable bonds is 6. The van der Waals surface area contributed by atoms with Gasteiger partial charge in [-0.3, -0.25) is 0 Å². The van der Waals surface area contributed by atoms with Gasteiger partial charge in [0.2, 0.25) is 0 Å². The first-order valence-electron chi connectivity index (χ1n) is 11.4. The number of anilines is 1. The summed E-state index contributed by atoms with van der Waals surface area (Å²) in [6.07, 6.45) is -1.30. The molecule has 0 radical (unpaired) electrons. The molecule has 0 amide bonds. The van der Waals surface area contributed by atoms with Crippen LogP contribution in [-0.4, -0.2) is 44.7 Å². The standard InChI is InChI=1S/C25H22F3N7O/c1-34-21-13-19(31-20(14-29)24(21)32-33-34)17-5-6-22(18(12-17)25(26,27)28)36-11-8-16-7-10-35(15-16)23-4-2-3-9-30-23/h2-6,9,12-13,16H,7-8,10-11,15H2,1H3/t16-/m1/s1. The molecule has 0 spiro atoms. The molecule has 184 valence electrons. The molecular formula is C25H22F3N7O. The number of pyridine rings is 2. The summed E-state index contributed by atoms with van der Waals surface area (Å²) in [5.74, 6) is 0.993. The van der Waals surface area contributed by atoms with Gasteiger partial charge in [0.15, 0.2) is 5.69 Å². The number of alkyl halides is 3. The fraction of sp³-hybridized carbons (Fsp3) is 0.320. The van der Waals surface area contributed by atoms with E-state index in [2.05, 4.69) is 25.2 Å². The third-order valence-electron chi connectivity index (χ3n) is 6.33. The predicted octanol–water partition coefficient (Wildman–Crippen LogP) is 4.61. The van der Waals surface area contributed by atoms with Crippen molar-refractivity contribution in [2.75, 3.05) is 24.6 Å². The Morgan fingerprint density at radius 1 is 1.19 bits per heavy atom. The molecule has 1 aromatic carbocycles. The Hall–Kier alpha value is -4.20. The fourth-order valence-corrected chi connectivity index (χ4v) is 4.45. The van der Waals surface area contributed by atoms with Gasteiger partial charge in [-0.15, -0.1) is 5.10 Å². The van der Waals surface area contributed by atoms with Gasteiger partial charge in [0, 0.05) is 31.9 Å². The molecule has 1 aliphatic heterocycles. The second kappa shape index (κ2) is 9.45. The molecule has 1 aliphatic rings. The van der Waals surface area contributed by atoms with Gasteiger partial charge in [-0.1, -0.05) is 11.3 Å². The third kappa shape index (κ3) is 4.66. The Balaban J connectivity index is 1.33. The van der Waals surface area contributed by atoms with E-state index in [1.807, 2.05) is 24.3 Å². The van der Waals surface area contributed by atoms with Crippen LogP contribution in [0, 0.1) is 17.2 Å². The molecule has 1 fully saturated rings. The Morgan fingerprint density at radius 3 is 2.81 bits per heavy atom. The maximum absolute atomic E-state index is 13.9. The summed E-state index contributed by atoms with van der Waals surface area (Å²) in [7, 11) is 1.64. The molecule has 4 heterocycles. The number of aromatic nitrogens is 5. The number of benzene rings is 1. The summed E-state index contributed by atoms with van der Waals surface area (Å²) in [6, 6.07) is 13.1. The van der Waals surface area contributed by atoms with Gasteiger partial charge in [0.05, 0.1) is 23.4 Å². The van der Waals surface area contributed by atoms with Crippen molar-refractivity contribution >= 4 is 16.9 Å². The molecule has 4 aromatic rings. The van der Waals surface area contributed by atoms with Gasteiger partial charge in [-0.25, -0.2) is 14.6 Å². The van der Waals surface area contributed by atoms with Crippen LogP contribution in [0.4, 0.5) is 19.0 Å². The van der Waals surface area contributed by atoms with Crippen LogP contribution in [0.5, 0.6) is 5.75 Å². The lowest BCUT2D eigenvalue weighted by molar-refractivity contribution is -0.138. The van der Waals surface area contributed by atoms with Crippen molar-refractivity contribution in [2.24, 2.45) is 13.0 Å². The van der Waals surface area contributed by atoms with Crippen LogP contribution in [-0.2, 0) is 13.2 Å². The zero-order chi connectivity index (χ0) is 25.3. The molecule has 8 nitrogen and oxygen atoms in total. The van der Waals surface area contributed by atoms with Crippen molar-refractivity contribution in [3.05, 3.63) is 59.9 Å². The van der Waals surface area contributed by atoms with E-state index >= 15 is 0 Å². The first-order chi connectivity index (χ1) is 17.3. The first kappa shape index (κ1) is 23.5. The maximum Gasteiger partial charge on any atom is 0.419 e. The van der Waals surface area contributed by atoms with Crippen LogP contribution in [0.15, 0.2) is 48.7 Å². The highest BCUT2D eigenvalue weighted by atomic mass is 19.4. The first-order valence-corrected chi connectivity index (χ1v) is 11.4. The monoisotopic (exact) mass is 493 g/mol. The van der Waals surface area contributed by atoms with E-state index in [9.17, 15) is 18.4 Å². The van der Waals surface area contributed by atoms with Crippen molar-refractivity contribution in [2.45, 2.75) is 19.0 Å². The Morgan fingerprint density at radius 2 is 2.06 bits per heavy atom. The molecule has 0 bridgehead atoms. The molecule has 3 aromatic heterocycles. The summed E-state index contributed by atoms with van der Waals surface area (Å²) in [4.78, 5) is 10.7. The van der Waals surface area contributed by atoms with Crippen molar-refractivity contribution in [3.8, 4) is 23.1 Å². The number of ether oxygens (including phenoxy) is 1. The number of fused-ring (bicyclic) bond motifs is 1. The SMILES string of the molecule is Cn1nnc2c(C#N)nc(-c3ccc(OCC[C@H]4CCN(c5ccccn5)C4)c(C(F)(F)F)c3)cc21. The zero-order valence-electron chi connectivity index (χ0n) is 19.4. The minimum absolute atomic E-state index is 0.000736. The van der Waals surface area contributed by atoms with Crippen LogP contribution in [0.1, 0.15) is 24.1 Å². The maximum atomic E-state index is 13.9. The Labute approximate surface area is 205 Å². The van der Waals surface area contributed by atoms with E-state index in [-0.39, 0.29) is 29.3 Å². The molecule has 1 saturated heterocycles. The number of nitrogens with zero attached hydrogens (tertiary/aromatic N) is 7. The topological polar surface area (TPSA) is 92.8 Å². The van der Waals surface area contributed by atoms with E-state index in [4.69, 9.17) is 4.74 Å². The van der Waals surface area contributed by atoms with Gasteiger partial charge >= 0.3 is 6.18 Å². The molecular weight excluding hydrogens is 471 g/mol. The van der Waals surface area contributed by atoms with Gasteiger partial charge in [0.25, 0.3) is 0 Å². The fourth-order valence-electron chi connectivity index (χ4n) is 4.45. The lowest BCUT2D eigenvalue weighted by Gasteiger charge is -2.18. The summed E-state index contributed by atoms with van der Waals surface area (Å²) in [5.41, 5.74) is 0.360. The zero-order valence-corrected chi connectivity index (χ0v) is 19.4. The largest absolute Gasteiger partial charge is 0.493 e. The van der Waals surface area contributed by atoms with Crippen molar-refractivity contribution in [3.63, 3.8) is 0 Å². The average molecular weight is 493 g/mol. The summed E-state index contributed by atoms with van der Waals surface area (Å²) in [6.45, 7) is 1.83. The summed E-state index contributed by atoms with van der Waals surface area (Å²) >= 11 is 0. The number of nitriles is 1. The van der Waals surface area contributed by atoms with Crippen LogP contribution in [0.3, 0.4) is 0 Å². The van der Waals surface area contributed by atoms with Gasteiger partial charge in [0.1, 0.15) is 23.2 Å². The van der Waals surface area contributed by atoms with Crippen molar-refractivity contribution in [1.29, 1.82) is 5.26 Å². The molecule has 11 heteroatoms. The third-order valence-corrected chi connectivity index (χ3v) is 6.33. The van der Waals surface area contributed by atoms with E-state index in [1.54, 1.807) is 19.3 Å². The van der Waals surface area contributed by atoms with E-state index < -0.39 is 11.7 Å². The van der Waals surface area contributed by atoms with Gasteiger partial charge in [-0.2, -0.15) is 18.4 Å². The normalized spacial score (nSPS) is 15.9. The number of aryl methyl sites for hydroxylation is 1. The van der Waals surface area contributed by atoms with Crippen LogP contribution in [0.2, 0.25) is 0 Å². The van der Waals surface area contributed by atoms with E-state index in [0.717, 1.165) is 31.4 Å². The lowest BCUT2D eigenvalue weighted by Crippen LogP contribution is -2.21. The highest BCUT2D eigenvalue weighted by molar-refractivity contribution is 5.83. The second-order valence-corrected chi connectivity index (χ2v) is 8.68. The minimum Gasteiger partial charge on any atom is -0.493 e. The van der Waals surface area contributed by atoms with Crippen LogP contribution >= 0.6 is 0 Å². The average Bonchev–Trinajstić information content (AvgIpc) is 3.50. The summed E-state index contributed by atoms with van der Waals surface area (Å²) in [5, 5.41) is 17.2. The van der Waals surface area contributed by atoms with E-state index in [0.29, 0.717) is 23.4 Å². The van der Waals surface area contributed by atoms with Crippen molar-refractivity contribution in [1.82, 2.24) is 25.0 Å². The minimum atomic E-state index is -4.62. The van der Waals surface area contributed by atoms with E-state index in [1.165, 1.54) is 16.8 Å². The molecule has 0 saturated carbocycles. The van der Waals surface area contributed by atoms with Crippen molar-refractivity contribution < 1.29 is 17.9 Å². The molecule has 36 heavy (non-hydrogen) atoms. The number of hydrogen-bond donors (Lipinski definition) is 0. The quantitative estimate of drug-likeness (QED) is 0.387. The lowest BCUT2D eigenvalue weighted by atomic mass is 10.0. The Bertz CT molecular complexity index is 1430. The number of halogens is 3. The summed E-state index contributed by atoms with van der Waals surface area (Å²) < 4.78 is 48.9. The van der Waals surface area contributed by atoms with Crippen LogP contribution in [0.25, 0.3) is 22.3 Å². The molecule has 0 N–H and O–H groups in total. The highest BCUT2D eigenvalue weighted by Crippen LogP contribution is 2.39. The Kier molecular flexibility index (Phi) is 6.18. The molecule has 0 unspecified atom stereocenters. The second-order valence-electron chi connectivity index (χ2n) is 8.68. The highest BCUT2D eigenvalue weighted by Gasteiger charge is 2.35. The molecule has 1 atom stereocenters.